The first-order valence-corrected chi connectivity index (χ1v) is 5.09. The minimum atomic E-state index is -5.87. The molecule has 3 nitrogen and oxygen atoms in total. The van der Waals surface area contributed by atoms with Crippen LogP contribution in [0, 0.1) is 0 Å². The van der Waals surface area contributed by atoms with Crippen molar-refractivity contribution >= 4 is 5.91 Å². The molecule has 1 amide bonds. The second-order valence-electron chi connectivity index (χ2n) is 3.77. The first-order valence-electron chi connectivity index (χ1n) is 5.09. The predicted molar refractivity (Wildman–Crippen MR) is 47.6 cm³/mol. The fourth-order valence-electron chi connectivity index (χ4n) is 1.41. The van der Waals surface area contributed by atoms with Gasteiger partial charge in [-0.3, -0.25) is 4.79 Å². The SMILES string of the molecule is O=C(NCC1CCCCO1)C(F)(F)C(F)(F)F. The van der Waals surface area contributed by atoms with Crippen LogP contribution >= 0.6 is 0 Å². The van der Waals surface area contributed by atoms with Gasteiger partial charge in [0.25, 0.3) is 5.91 Å². The highest BCUT2D eigenvalue weighted by molar-refractivity contribution is 5.84. The van der Waals surface area contributed by atoms with Gasteiger partial charge < -0.3 is 10.1 Å². The van der Waals surface area contributed by atoms with E-state index in [-0.39, 0.29) is 6.54 Å². The number of halogens is 5. The van der Waals surface area contributed by atoms with Gasteiger partial charge in [-0.15, -0.1) is 0 Å². The molecule has 1 saturated heterocycles. The summed E-state index contributed by atoms with van der Waals surface area (Å²) in [5.74, 6) is -7.69. The molecular formula is C9H12F5NO2. The molecule has 0 bridgehead atoms. The number of nitrogens with one attached hydrogen (secondary N) is 1. The summed E-state index contributed by atoms with van der Waals surface area (Å²) in [5, 5.41) is 1.57. The summed E-state index contributed by atoms with van der Waals surface area (Å²) in [5.41, 5.74) is 0. The van der Waals surface area contributed by atoms with Crippen molar-refractivity contribution in [1.29, 1.82) is 0 Å². The Kier molecular flexibility index (Phi) is 4.29. The molecule has 1 aliphatic rings. The molecule has 0 spiro atoms. The molecule has 1 aliphatic heterocycles. The number of alkyl halides is 5. The molecule has 1 unspecified atom stereocenters. The number of ether oxygens (including phenoxy) is 1. The van der Waals surface area contributed by atoms with E-state index in [4.69, 9.17) is 4.74 Å². The van der Waals surface area contributed by atoms with Gasteiger partial charge in [0.1, 0.15) is 0 Å². The van der Waals surface area contributed by atoms with E-state index in [1.807, 2.05) is 0 Å². The van der Waals surface area contributed by atoms with Crippen LogP contribution in [0.1, 0.15) is 19.3 Å². The van der Waals surface area contributed by atoms with Crippen LogP contribution in [0.2, 0.25) is 0 Å². The maximum absolute atomic E-state index is 12.5. The van der Waals surface area contributed by atoms with Crippen LogP contribution in [-0.2, 0) is 9.53 Å². The van der Waals surface area contributed by atoms with E-state index in [1.54, 1.807) is 5.32 Å². The minimum absolute atomic E-state index is 0.329. The van der Waals surface area contributed by atoms with Crippen molar-refractivity contribution < 1.29 is 31.5 Å². The zero-order valence-electron chi connectivity index (χ0n) is 8.82. The number of hydrogen-bond acceptors (Lipinski definition) is 2. The molecule has 1 N–H and O–H groups in total. The highest BCUT2D eigenvalue weighted by Gasteiger charge is 2.63. The first-order chi connectivity index (χ1) is 7.75. The number of amides is 1. The summed E-state index contributed by atoms with van der Waals surface area (Å²) in [6.07, 6.45) is -4.20. The molecule has 1 atom stereocenters. The average molecular weight is 261 g/mol. The molecule has 1 rings (SSSR count). The zero-order valence-corrected chi connectivity index (χ0v) is 8.82. The topological polar surface area (TPSA) is 38.3 Å². The highest BCUT2D eigenvalue weighted by Crippen LogP contribution is 2.35. The summed E-state index contributed by atoms with van der Waals surface area (Å²) < 4.78 is 65.5. The van der Waals surface area contributed by atoms with Crippen LogP contribution in [0.4, 0.5) is 22.0 Å². The highest BCUT2D eigenvalue weighted by atomic mass is 19.4. The second-order valence-corrected chi connectivity index (χ2v) is 3.77. The first kappa shape index (κ1) is 14.1. The van der Waals surface area contributed by atoms with Gasteiger partial charge in [-0.25, -0.2) is 0 Å². The molecule has 0 aromatic carbocycles. The lowest BCUT2D eigenvalue weighted by atomic mass is 10.1. The minimum Gasteiger partial charge on any atom is -0.376 e. The van der Waals surface area contributed by atoms with E-state index in [0.29, 0.717) is 13.0 Å². The Morgan fingerprint density at radius 3 is 2.35 bits per heavy atom. The van der Waals surface area contributed by atoms with E-state index >= 15 is 0 Å². The number of carbonyl (C=O) groups excluding carboxylic acids is 1. The van der Waals surface area contributed by atoms with Crippen LogP contribution in [0.5, 0.6) is 0 Å². The van der Waals surface area contributed by atoms with Crippen LogP contribution in [0.15, 0.2) is 0 Å². The number of carbonyl (C=O) groups is 1. The van der Waals surface area contributed by atoms with Gasteiger partial charge in [0.15, 0.2) is 0 Å². The van der Waals surface area contributed by atoms with Gasteiger partial charge in [-0.05, 0) is 19.3 Å². The normalized spacial score (nSPS) is 22.3. The fraction of sp³-hybridized carbons (Fsp3) is 0.889. The largest absolute Gasteiger partial charge is 0.463 e. The van der Waals surface area contributed by atoms with Crippen LogP contribution in [-0.4, -0.2) is 37.3 Å². The third-order valence-electron chi connectivity index (χ3n) is 2.41. The summed E-state index contributed by atoms with van der Waals surface area (Å²) in [4.78, 5) is 10.7. The van der Waals surface area contributed by atoms with Gasteiger partial charge in [-0.1, -0.05) is 0 Å². The van der Waals surface area contributed by atoms with E-state index in [1.165, 1.54) is 0 Å². The Labute approximate surface area is 94.3 Å². The Morgan fingerprint density at radius 1 is 1.24 bits per heavy atom. The van der Waals surface area contributed by atoms with Crippen molar-refractivity contribution in [1.82, 2.24) is 5.32 Å². The monoisotopic (exact) mass is 261 g/mol. The van der Waals surface area contributed by atoms with Crippen molar-refractivity contribution in [2.45, 2.75) is 37.5 Å². The predicted octanol–water partition coefficient (Wildman–Crippen LogP) is 1.87. The lowest BCUT2D eigenvalue weighted by molar-refractivity contribution is -0.269. The third kappa shape index (κ3) is 3.52. The Balaban J connectivity index is 2.43. The van der Waals surface area contributed by atoms with Crippen LogP contribution < -0.4 is 5.32 Å². The Morgan fingerprint density at radius 2 is 1.88 bits per heavy atom. The Hall–Kier alpha value is -0.920. The maximum Gasteiger partial charge on any atom is 0.463 e. The summed E-state index contributed by atoms with van der Waals surface area (Å²) >= 11 is 0. The number of hydrogen-bond donors (Lipinski definition) is 1. The van der Waals surface area contributed by atoms with E-state index < -0.39 is 24.1 Å². The molecule has 0 saturated carbocycles. The second kappa shape index (κ2) is 5.16. The lowest BCUT2D eigenvalue weighted by Gasteiger charge is -2.24. The number of rotatable bonds is 3. The average Bonchev–Trinajstić information content (AvgIpc) is 2.25. The smallest absolute Gasteiger partial charge is 0.376 e. The van der Waals surface area contributed by atoms with E-state index in [9.17, 15) is 26.7 Å². The van der Waals surface area contributed by atoms with E-state index in [2.05, 4.69) is 0 Å². The molecule has 0 aliphatic carbocycles. The molecule has 17 heavy (non-hydrogen) atoms. The molecule has 0 aromatic heterocycles. The Bertz CT molecular complexity index is 273. The molecule has 1 heterocycles. The van der Waals surface area contributed by atoms with Gasteiger partial charge in [-0.2, -0.15) is 22.0 Å². The quantitative estimate of drug-likeness (QED) is 0.788. The zero-order chi connectivity index (χ0) is 13.1. The van der Waals surface area contributed by atoms with Gasteiger partial charge >= 0.3 is 12.1 Å². The van der Waals surface area contributed by atoms with Crippen molar-refractivity contribution in [3.8, 4) is 0 Å². The van der Waals surface area contributed by atoms with Gasteiger partial charge in [0.05, 0.1) is 6.10 Å². The summed E-state index contributed by atoms with van der Waals surface area (Å²) in [6, 6.07) is 0. The molecule has 0 aromatic rings. The fourth-order valence-corrected chi connectivity index (χ4v) is 1.41. The summed E-state index contributed by atoms with van der Waals surface area (Å²) in [6.45, 7) is 0.0979. The standard InChI is InChI=1S/C9H12F5NO2/c10-8(11,9(12,13)14)7(16)15-5-6-3-1-2-4-17-6/h6H,1-5H2,(H,15,16). The summed E-state index contributed by atoms with van der Waals surface area (Å²) in [7, 11) is 0. The molecule has 0 radical (unpaired) electrons. The lowest BCUT2D eigenvalue weighted by Crippen LogP contribution is -2.52. The maximum atomic E-state index is 12.5. The van der Waals surface area contributed by atoms with Gasteiger partial charge in [0, 0.05) is 13.2 Å². The van der Waals surface area contributed by atoms with Crippen molar-refractivity contribution in [3.63, 3.8) is 0 Å². The molecular weight excluding hydrogens is 249 g/mol. The van der Waals surface area contributed by atoms with Crippen molar-refractivity contribution in [3.05, 3.63) is 0 Å². The molecule has 100 valence electrons. The van der Waals surface area contributed by atoms with Crippen LogP contribution in [0.3, 0.4) is 0 Å². The van der Waals surface area contributed by atoms with E-state index in [0.717, 1.165) is 12.8 Å². The van der Waals surface area contributed by atoms with Crippen molar-refractivity contribution in [2.24, 2.45) is 0 Å². The molecule has 1 fully saturated rings. The van der Waals surface area contributed by atoms with Crippen molar-refractivity contribution in [2.75, 3.05) is 13.2 Å². The molecule has 8 heteroatoms. The van der Waals surface area contributed by atoms with Crippen LogP contribution in [0.25, 0.3) is 0 Å². The van der Waals surface area contributed by atoms with Gasteiger partial charge in [0.2, 0.25) is 0 Å². The third-order valence-corrected chi connectivity index (χ3v) is 2.41.